The van der Waals surface area contributed by atoms with Gasteiger partial charge in [0.1, 0.15) is 0 Å². The molecule has 1 rings (SSSR count). The zero-order chi connectivity index (χ0) is 9.84. The Kier molecular flexibility index (Phi) is 2.88. The summed E-state index contributed by atoms with van der Waals surface area (Å²) in [4.78, 5) is 14.5. The van der Waals surface area contributed by atoms with E-state index in [9.17, 15) is 13.6 Å². The van der Waals surface area contributed by atoms with E-state index in [2.05, 4.69) is 14.7 Å². The lowest BCUT2D eigenvalue weighted by atomic mass is 10.5. The standard InChI is InChI=1S/C6H7F2N3O2/c1-3-10-5(11-13-3)6(12)9-2-4(7)8/h4H,2H2,1H3,(H,9,12). The van der Waals surface area contributed by atoms with E-state index < -0.39 is 18.9 Å². The van der Waals surface area contributed by atoms with Crippen LogP contribution in [0.5, 0.6) is 0 Å². The summed E-state index contributed by atoms with van der Waals surface area (Å²) in [6, 6.07) is 0. The molecule has 0 fully saturated rings. The van der Waals surface area contributed by atoms with Crippen molar-refractivity contribution in [2.75, 3.05) is 6.54 Å². The van der Waals surface area contributed by atoms with Crippen LogP contribution in [0.25, 0.3) is 0 Å². The predicted octanol–water partition coefficient (Wildman–Crippen LogP) is 0.373. The first-order chi connectivity index (χ1) is 6.09. The predicted molar refractivity (Wildman–Crippen MR) is 37.4 cm³/mol. The maximum absolute atomic E-state index is 11.6. The molecule has 7 heteroatoms. The van der Waals surface area contributed by atoms with E-state index in [0.29, 0.717) is 0 Å². The Labute approximate surface area is 72.1 Å². The van der Waals surface area contributed by atoms with Gasteiger partial charge in [-0.2, -0.15) is 4.98 Å². The Hall–Kier alpha value is -1.53. The lowest BCUT2D eigenvalue weighted by molar-refractivity contribution is 0.0879. The number of halogens is 2. The molecule has 0 saturated heterocycles. The Morgan fingerprint density at radius 1 is 1.69 bits per heavy atom. The molecule has 0 aliphatic heterocycles. The third kappa shape index (κ3) is 2.77. The van der Waals surface area contributed by atoms with Crippen LogP contribution in [0, 0.1) is 6.92 Å². The van der Waals surface area contributed by atoms with Crippen LogP contribution in [-0.2, 0) is 0 Å². The smallest absolute Gasteiger partial charge is 0.292 e. The van der Waals surface area contributed by atoms with E-state index in [4.69, 9.17) is 0 Å². The second-order valence-electron chi connectivity index (χ2n) is 2.24. The van der Waals surface area contributed by atoms with Crippen LogP contribution in [0.2, 0.25) is 0 Å². The van der Waals surface area contributed by atoms with Crippen molar-refractivity contribution < 1.29 is 18.1 Å². The average molecular weight is 191 g/mol. The first kappa shape index (κ1) is 9.56. The normalized spacial score (nSPS) is 10.5. The van der Waals surface area contributed by atoms with Gasteiger partial charge in [-0.3, -0.25) is 4.79 Å². The summed E-state index contributed by atoms with van der Waals surface area (Å²) < 4.78 is 27.8. The molecule has 0 saturated carbocycles. The molecule has 1 N–H and O–H groups in total. The number of aromatic nitrogens is 2. The second-order valence-corrected chi connectivity index (χ2v) is 2.24. The monoisotopic (exact) mass is 191 g/mol. The van der Waals surface area contributed by atoms with Crippen molar-refractivity contribution in [1.82, 2.24) is 15.5 Å². The van der Waals surface area contributed by atoms with Crippen LogP contribution < -0.4 is 5.32 Å². The first-order valence-electron chi connectivity index (χ1n) is 3.46. The van der Waals surface area contributed by atoms with Gasteiger partial charge in [-0.15, -0.1) is 0 Å². The molecule has 0 spiro atoms. The third-order valence-electron chi connectivity index (χ3n) is 1.15. The van der Waals surface area contributed by atoms with Crippen molar-refractivity contribution in [3.05, 3.63) is 11.7 Å². The lowest BCUT2D eigenvalue weighted by Gasteiger charge is -1.98. The highest BCUT2D eigenvalue weighted by molar-refractivity contribution is 5.90. The van der Waals surface area contributed by atoms with Crippen LogP contribution in [0.15, 0.2) is 4.52 Å². The van der Waals surface area contributed by atoms with Crippen LogP contribution in [0.3, 0.4) is 0 Å². The number of amides is 1. The van der Waals surface area contributed by atoms with Gasteiger partial charge in [0.05, 0.1) is 6.54 Å². The fraction of sp³-hybridized carbons (Fsp3) is 0.500. The molecule has 0 aliphatic rings. The van der Waals surface area contributed by atoms with E-state index >= 15 is 0 Å². The number of hydrogen-bond acceptors (Lipinski definition) is 4. The van der Waals surface area contributed by atoms with Crippen molar-refractivity contribution in [2.24, 2.45) is 0 Å². The van der Waals surface area contributed by atoms with Gasteiger partial charge >= 0.3 is 0 Å². The van der Waals surface area contributed by atoms with Gasteiger partial charge in [-0.05, 0) is 0 Å². The highest BCUT2D eigenvalue weighted by Gasteiger charge is 2.13. The van der Waals surface area contributed by atoms with Gasteiger partial charge in [0.15, 0.2) is 0 Å². The van der Waals surface area contributed by atoms with Crippen LogP contribution in [0.4, 0.5) is 8.78 Å². The van der Waals surface area contributed by atoms with Crippen molar-refractivity contribution in [3.63, 3.8) is 0 Å². The van der Waals surface area contributed by atoms with E-state index in [-0.39, 0.29) is 11.7 Å². The molecule has 1 aromatic rings. The molecule has 1 aromatic heterocycles. The maximum atomic E-state index is 11.6. The molecule has 0 radical (unpaired) electrons. The van der Waals surface area contributed by atoms with Gasteiger partial charge in [0.2, 0.25) is 5.89 Å². The number of alkyl halides is 2. The van der Waals surface area contributed by atoms with Crippen LogP contribution >= 0.6 is 0 Å². The SMILES string of the molecule is Cc1nc(C(=O)NCC(F)F)no1. The molecular formula is C6H7F2N3O2. The number of carbonyl (C=O) groups excluding carboxylic acids is 1. The number of aryl methyl sites for hydroxylation is 1. The summed E-state index contributed by atoms with van der Waals surface area (Å²) in [5, 5.41) is 5.19. The molecule has 13 heavy (non-hydrogen) atoms. The Morgan fingerprint density at radius 2 is 2.38 bits per heavy atom. The summed E-state index contributed by atoms with van der Waals surface area (Å²) in [5.41, 5.74) is 0. The van der Waals surface area contributed by atoms with Crippen molar-refractivity contribution in [3.8, 4) is 0 Å². The fourth-order valence-electron chi connectivity index (χ4n) is 0.640. The molecule has 0 atom stereocenters. The number of hydrogen-bond donors (Lipinski definition) is 1. The lowest BCUT2D eigenvalue weighted by Crippen LogP contribution is -2.29. The zero-order valence-electron chi connectivity index (χ0n) is 6.75. The number of nitrogens with one attached hydrogen (secondary N) is 1. The largest absolute Gasteiger partial charge is 0.343 e. The number of carbonyl (C=O) groups is 1. The quantitative estimate of drug-likeness (QED) is 0.749. The second kappa shape index (κ2) is 3.92. The van der Waals surface area contributed by atoms with Gasteiger partial charge in [0.25, 0.3) is 18.2 Å². The van der Waals surface area contributed by atoms with E-state index in [1.807, 2.05) is 5.32 Å². The molecule has 0 unspecified atom stereocenters. The highest BCUT2D eigenvalue weighted by Crippen LogP contribution is 1.95. The van der Waals surface area contributed by atoms with E-state index in [1.54, 1.807) is 0 Å². The van der Waals surface area contributed by atoms with Crippen molar-refractivity contribution in [1.29, 1.82) is 0 Å². The minimum Gasteiger partial charge on any atom is -0.343 e. The Bertz CT molecular complexity index is 300. The van der Waals surface area contributed by atoms with Crippen LogP contribution in [0.1, 0.15) is 16.5 Å². The molecule has 1 amide bonds. The first-order valence-corrected chi connectivity index (χ1v) is 3.46. The van der Waals surface area contributed by atoms with Gasteiger partial charge < -0.3 is 9.84 Å². The molecule has 0 aromatic carbocycles. The highest BCUT2D eigenvalue weighted by atomic mass is 19.3. The summed E-state index contributed by atoms with van der Waals surface area (Å²) >= 11 is 0. The molecule has 1 heterocycles. The van der Waals surface area contributed by atoms with E-state index in [1.165, 1.54) is 6.92 Å². The number of nitrogens with zero attached hydrogens (tertiary/aromatic N) is 2. The molecular weight excluding hydrogens is 184 g/mol. The van der Waals surface area contributed by atoms with Gasteiger partial charge in [-0.25, -0.2) is 8.78 Å². The molecule has 5 nitrogen and oxygen atoms in total. The van der Waals surface area contributed by atoms with Crippen molar-refractivity contribution >= 4 is 5.91 Å². The van der Waals surface area contributed by atoms with Crippen molar-refractivity contribution in [2.45, 2.75) is 13.3 Å². The third-order valence-corrected chi connectivity index (χ3v) is 1.15. The molecule has 0 aliphatic carbocycles. The van der Waals surface area contributed by atoms with Gasteiger partial charge in [-0.1, -0.05) is 5.16 Å². The summed E-state index contributed by atoms with van der Waals surface area (Å²) in [6.45, 7) is 0.781. The minimum atomic E-state index is -2.59. The Balaban J connectivity index is 2.49. The molecule has 72 valence electrons. The summed E-state index contributed by atoms with van der Waals surface area (Å²) in [7, 11) is 0. The Morgan fingerprint density at radius 3 is 2.85 bits per heavy atom. The van der Waals surface area contributed by atoms with E-state index in [0.717, 1.165) is 0 Å². The summed E-state index contributed by atoms with van der Waals surface area (Å²) in [6.07, 6.45) is -2.59. The summed E-state index contributed by atoms with van der Waals surface area (Å²) in [5.74, 6) is -0.794. The number of rotatable bonds is 3. The van der Waals surface area contributed by atoms with Gasteiger partial charge in [0, 0.05) is 6.92 Å². The minimum absolute atomic E-state index is 0.210. The topological polar surface area (TPSA) is 68.0 Å². The average Bonchev–Trinajstić information content (AvgIpc) is 2.47. The zero-order valence-corrected chi connectivity index (χ0v) is 6.75. The maximum Gasteiger partial charge on any atom is 0.292 e. The van der Waals surface area contributed by atoms with Crippen LogP contribution in [-0.4, -0.2) is 29.0 Å². The molecule has 0 bridgehead atoms. The fourth-order valence-corrected chi connectivity index (χ4v) is 0.640.